The van der Waals surface area contributed by atoms with Crippen molar-refractivity contribution >= 4 is 10.0 Å². The highest BCUT2D eigenvalue weighted by molar-refractivity contribution is 7.89. The first kappa shape index (κ1) is 11.9. The van der Waals surface area contributed by atoms with Gasteiger partial charge in [-0.1, -0.05) is 6.42 Å². The van der Waals surface area contributed by atoms with E-state index in [2.05, 4.69) is 16.7 Å². The average molecular weight is 220 g/mol. The highest BCUT2D eigenvalue weighted by Crippen LogP contribution is 2.14. The molecule has 1 N–H and O–H groups in total. The zero-order valence-electron chi connectivity index (χ0n) is 8.99. The third kappa shape index (κ3) is 3.55. The first-order chi connectivity index (χ1) is 6.55. The van der Waals surface area contributed by atoms with Crippen molar-refractivity contribution in [1.29, 1.82) is 0 Å². The second kappa shape index (κ2) is 5.09. The van der Waals surface area contributed by atoms with E-state index in [1.165, 1.54) is 12.8 Å². The van der Waals surface area contributed by atoms with Crippen LogP contribution in [0.25, 0.3) is 0 Å². The maximum absolute atomic E-state index is 11.2. The number of nitrogens with zero attached hydrogens (tertiary/aromatic N) is 1. The number of hydrogen-bond donors (Lipinski definition) is 1. The fourth-order valence-electron chi connectivity index (χ4n) is 1.73. The van der Waals surface area contributed by atoms with Gasteiger partial charge in [0.15, 0.2) is 0 Å². The Labute approximate surface area is 86.7 Å². The number of hydrogen-bond acceptors (Lipinski definition) is 3. The van der Waals surface area contributed by atoms with Crippen molar-refractivity contribution in [3.8, 4) is 0 Å². The van der Waals surface area contributed by atoms with E-state index in [-0.39, 0.29) is 5.75 Å². The molecule has 84 valence electrons. The molecule has 0 aromatic heterocycles. The lowest BCUT2D eigenvalue weighted by Crippen LogP contribution is -2.44. The highest BCUT2D eigenvalue weighted by atomic mass is 32.2. The molecule has 0 bridgehead atoms. The third-order valence-corrected chi connectivity index (χ3v) is 4.21. The molecular formula is C9H20N2O2S. The van der Waals surface area contributed by atoms with Crippen LogP contribution in [-0.2, 0) is 10.0 Å². The van der Waals surface area contributed by atoms with Gasteiger partial charge >= 0.3 is 0 Å². The molecule has 14 heavy (non-hydrogen) atoms. The van der Waals surface area contributed by atoms with Crippen molar-refractivity contribution in [2.45, 2.75) is 32.2 Å². The summed E-state index contributed by atoms with van der Waals surface area (Å²) in [6.45, 7) is 3.30. The average Bonchev–Trinajstić information content (AvgIpc) is 2.17. The maximum Gasteiger partial charge on any atom is 0.211 e. The van der Waals surface area contributed by atoms with Gasteiger partial charge in [-0.3, -0.25) is 0 Å². The van der Waals surface area contributed by atoms with Gasteiger partial charge in [0.25, 0.3) is 0 Å². The lowest BCUT2D eigenvalue weighted by Gasteiger charge is -2.32. The smallest absolute Gasteiger partial charge is 0.211 e. The van der Waals surface area contributed by atoms with E-state index in [0.29, 0.717) is 12.6 Å². The Kier molecular flexibility index (Phi) is 4.34. The van der Waals surface area contributed by atoms with Crippen LogP contribution in [-0.4, -0.2) is 45.2 Å². The normalized spacial score (nSPS) is 25.1. The van der Waals surface area contributed by atoms with Crippen LogP contribution >= 0.6 is 0 Å². The van der Waals surface area contributed by atoms with E-state index in [4.69, 9.17) is 0 Å². The summed E-state index contributed by atoms with van der Waals surface area (Å²) in [5.41, 5.74) is 0. The number of piperidine rings is 1. The van der Waals surface area contributed by atoms with Crippen molar-refractivity contribution < 1.29 is 8.42 Å². The molecule has 0 radical (unpaired) electrons. The summed E-state index contributed by atoms with van der Waals surface area (Å²) < 4.78 is 25.1. The van der Waals surface area contributed by atoms with Crippen molar-refractivity contribution in [3.05, 3.63) is 0 Å². The number of sulfonamides is 1. The molecule has 0 aromatic rings. The van der Waals surface area contributed by atoms with Gasteiger partial charge in [0.05, 0.1) is 5.75 Å². The Hall–Kier alpha value is -0.130. The first-order valence-electron chi connectivity index (χ1n) is 5.22. The van der Waals surface area contributed by atoms with Crippen LogP contribution in [0.5, 0.6) is 0 Å². The van der Waals surface area contributed by atoms with Crippen LogP contribution in [0, 0.1) is 0 Å². The summed E-state index contributed by atoms with van der Waals surface area (Å²) in [5.74, 6) is 0.170. The zero-order valence-corrected chi connectivity index (χ0v) is 9.81. The van der Waals surface area contributed by atoms with E-state index in [9.17, 15) is 8.42 Å². The third-order valence-electron chi connectivity index (χ3n) is 2.84. The van der Waals surface area contributed by atoms with Gasteiger partial charge < -0.3 is 4.90 Å². The molecule has 1 heterocycles. The Morgan fingerprint density at radius 2 is 2.14 bits per heavy atom. The number of rotatable bonds is 4. The van der Waals surface area contributed by atoms with Gasteiger partial charge in [0.2, 0.25) is 10.0 Å². The van der Waals surface area contributed by atoms with Crippen molar-refractivity contribution in [2.75, 3.05) is 25.9 Å². The Morgan fingerprint density at radius 1 is 1.43 bits per heavy atom. The van der Waals surface area contributed by atoms with Gasteiger partial charge in [0, 0.05) is 12.6 Å². The Bertz CT molecular complexity index is 264. The molecule has 0 saturated carbocycles. The van der Waals surface area contributed by atoms with Crippen LogP contribution in [0.15, 0.2) is 0 Å². The molecule has 1 fully saturated rings. The fourth-order valence-corrected chi connectivity index (χ4v) is 2.38. The van der Waals surface area contributed by atoms with E-state index >= 15 is 0 Å². The molecule has 5 heteroatoms. The number of nitrogens with one attached hydrogen (secondary N) is 1. The summed E-state index contributed by atoms with van der Waals surface area (Å²) in [7, 11) is -0.959. The van der Waals surface area contributed by atoms with E-state index in [1.807, 2.05) is 0 Å². The summed E-state index contributed by atoms with van der Waals surface area (Å²) in [6.07, 6.45) is 3.54. The number of likely N-dealkylation sites (N-methyl/N-ethyl adjacent to an activating group) is 1. The lowest BCUT2D eigenvalue weighted by atomic mass is 10.0. The van der Waals surface area contributed by atoms with Gasteiger partial charge in [0.1, 0.15) is 0 Å². The highest BCUT2D eigenvalue weighted by Gasteiger charge is 2.20. The van der Waals surface area contributed by atoms with Gasteiger partial charge in [-0.15, -0.1) is 0 Å². The molecule has 0 amide bonds. The second-order valence-corrected chi connectivity index (χ2v) is 5.98. The monoisotopic (exact) mass is 220 g/mol. The van der Waals surface area contributed by atoms with E-state index < -0.39 is 10.0 Å². The topological polar surface area (TPSA) is 49.4 Å². The van der Waals surface area contributed by atoms with Crippen LogP contribution in [0.3, 0.4) is 0 Å². The minimum atomic E-state index is -3.02. The molecule has 1 unspecified atom stereocenters. The van der Waals surface area contributed by atoms with E-state index in [0.717, 1.165) is 13.0 Å². The molecular weight excluding hydrogens is 200 g/mol. The summed E-state index contributed by atoms with van der Waals surface area (Å²) >= 11 is 0. The lowest BCUT2D eigenvalue weighted by molar-refractivity contribution is 0.187. The largest absolute Gasteiger partial charge is 0.302 e. The minimum absolute atomic E-state index is 0.170. The molecule has 0 spiro atoms. The number of likely N-dealkylation sites (tertiary alicyclic amines) is 1. The molecule has 1 saturated heterocycles. The minimum Gasteiger partial charge on any atom is -0.302 e. The molecule has 1 atom stereocenters. The van der Waals surface area contributed by atoms with E-state index in [1.54, 1.807) is 6.92 Å². The standard InChI is InChI=1S/C9H20N2O2S/c1-3-14(12,13)10-8-9-6-4-5-7-11(9)2/h9-10H,3-8H2,1-2H3. The van der Waals surface area contributed by atoms with Gasteiger partial charge in [-0.2, -0.15) is 0 Å². The summed E-state index contributed by atoms with van der Waals surface area (Å²) in [5, 5.41) is 0. The Morgan fingerprint density at radius 3 is 2.71 bits per heavy atom. The predicted molar refractivity (Wildman–Crippen MR) is 57.7 cm³/mol. The van der Waals surface area contributed by atoms with Crippen molar-refractivity contribution in [1.82, 2.24) is 9.62 Å². The Balaban J connectivity index is 2.36. The van der Waals surface area contributed by atoms with Gasteiger partial charge in [-0.05, 0) is 33.4 Å². The molecule has 4 nitrogen and oxygen atoms in total. The second-order valence-electron chi connectivity index (χ2n) is 3.88. The summed E-state index contributed by atoms with van der Waals surface area (Å²) in [4.78, 5) is 2.24. The van der Waals surface area contributed by atoms with Crippen LogP contribution in [0.1, 0.15) is 26.2 Å². The maximum atomic E-state index is 11.2. The van der Waals surface area contributed by atoms with Crippen molar-refractivity contribution in [2.24, 2.45) is 0 Å². The predicted octanol–water partition coefficient (Wildman–Crippen LogP) is 0.410. The molecule has 1 aliphatic rings. The molecule has 1 aliphatic heterocycles. The van der Waals surface area contributed by atoms with Crippen LogP contribution in [0.2, 0.25) is 0 Å². The molecule has 0 aliphatic carbocycles. The summed E-state index contributed by atoms with van der Waals surface area (Å²) in [6, 6.07) is 0.380. The fraction of sp³-hybridized carbons (Fsp3) is 1.00. The van der Waals surface area contributed by atoms with Crippen molar-refractivity contribution in [3.63, 3.8) is 0 Å². The van der Waals surface area contributed by atoms with Gasteiger partial charge in [-0.25, -0.2) is 13.1 Å². The SMILES string of the molecule is CCS(=O)(=O)NCC1CCCCN1C. The van der Waals surface area contributed by atoms with Crippen LogP contribution < -0.4 is 4.72 Å². The van der Waals surface area contributed by atoms with Crippen LogP contribution in [0.4, 0.5) is 0 Å². The molecule has 0 aromatic carbocycles. The molecule has 1 rings (SSSR count). The first-order valence-corrected chi connectivity index (χ1v) is 6.88. The quantitative estimate of drug-likeness (QED) is 0.746. The zero-order chi connectivity index (χ0) is 10.6.